The lowest BCUT2D eigenvalue weighted by atomic mass is 10.2. The summed E-state index contributed by atoms with van der Waals surface area (Å²) in [6.07, 6.45) is 2.59. The van der Waals surface area contributed by atoms with Gasteiger partial charge in [-0.15, -0.1) is 16.7 Å². The molecule has 2 rings (SSSR count). The number of benzene rings is 1. The van der Waals surface area contributed by atoms with E-state index in [2.05, 4.69) is 26.2 Å². The first-order chi connectivity index (χ1) is 8.61. The summed E-state index contributed by atoms with van der Waals surface area (Å²) in [6.45, 7) is 2.44. The highest BCUT2D eigenvalue weighted by molar-refractivity contribution is 9.10. The summed E-state index contributed by atoms with van der Waals surface area (Å²) in [4.78, 5) is 0. The molecule has 0 aliphatic rings. The van der Waals surface area contributed by atoms with Crippen LogP contribution in [0.1, 0.15) is 30.0 Å². The lowest BCUT2D eigenvalue weighted by molar-refractivity contribution is 0.606. The van der Waals surface area contributed by atoms with E-state index in [0.717, 1.165) is 17.7 Å². The van der Waals surface area contributed by atoms with Gasteiger partial charge in [0.05, 0.1) is 22.6 Å². The molecular formula is C12H12BrClFN3. The monoisotopic (exact) mass is 331 g/mol. The molecule has 96 valence electrons. The predicted molar refractivity (Wildman–Crippen MR) is 72.1 cm³/mol. The standard InChI is InChI=1S/C12H12BrClFN3/c1-2-9(14)11-7-18(17-16-11)6-8-4-3-5-10(15)12(8)13/h3-5,7,9H,2,6H2,1H3. The van der Waals surface area contributed by atoms with Crippen molar-refractivity contribution >= 4 is 27.5 Å². The van der Waals surface area contributed by atoms with Gasteiger partial charge >= 0.3 is 0 Å². The Morgan fingerprint density at radius 1 is 1.50 bits per heavy atom. The van der Waals surface area contributed by atoms with Crippen molar-refractivity contribution in [3.8, 4) is 0 Å². The molecule has 0 radical (unpaired) electrons. The highest BCUT2D eigenvalue weighted by Gasteiger charge is 2.11. The Hall–Kier alpha value is -0.940. The summed E-state index contributed by atoms with van der Waals surface area (Å²) in [5.74, 6) is -0.281. The van der Waals surface area contributed by atoms with Gasteiger partial charge in [-0.1, -0.05) is 24.3 Å². The molecule has 18 heavy (non-hydrogen) atoms. The van der Waals surface area contributed by atoms with E-state index in [1.54, 1.807) is 16.9 Å². The molecule has 0 amide bonds. The van der Waals surface area contributed by atoms with Crippen LogP contribution < -0.4 is 0 Å². The third-order valence-corrected chi connectivity index (χ3v) is 4.02. The summed E-state index contributed by atoms with van der Waals surface area (Å²) in [7, 11) is 0. The van der Waals surface area contributed by atoms with Gasteiger partial charge in [0, 0.05) is 0 Å². The van der Waals surface area contributed by atoms with E-state index in [4.69, 9.17) is 11.6 Å². The van der Waals surface area contributed by atoms with Crippen molar-refractivity contribution in [3.05, 3.63) is 45.9 Å². The van der Waals surface area contributed by atoms with Gasteiger partial charge in [-0.2, -0.15) is 0 Å². The van der Waals surface area contributed by atoms with Gasteiger partial charge in [0.1, 0.15) is 11.5 Å². The minimum atomic E-state index is -0.281. The fourth-order valence-electron chi connectivity index (χ4n) is 1.59. The first-order valence-corrected chi connectivity index (χ1v) is 6.81. The highest BCUT2D eigenvalue weighted by Crippen LogP contribution is 2.23. The smallest absolute Gasteiger partial charge is 0.137 e. The molecule has 0 fully saturated rings. The summed E-state index contributed by atoms with van der Waals surface area (Å²) >= 11 is 9.30. The second-order valence-corrected chi connectivity index (χ2v) is 5.25. The highest BCUT2D eigenvalue weighted by atomic mass is 79.9. The average Bonchev–Trinajstić information content (AvgIpc) is 2.82. The van der Waals surface area contributed by atoms with E-state index < -0.39 is 0 Å². The first kappa shape index (κ1) is 13.5. The molecule has 1 aromatic carbocycles. The van der Waals surface area contributed by atoms with Crippen molar-refractivity contribution in [1.29, 1.82) is 0 Å². The largest absolute Gasteiger partial charge is 0.248 e. The maximum Gasteiger partial charge on any atom is 0.137 e. The number of halogens is 3. The van der Waals surface area contributed by atoms with Crippen molar-refractivity contribution in [3.63, 3.8) is 0 Å². The molecule has 1 heterocycles. The maximum absolute atomic E-state index is 13.4. The molecule has 0 bridgehead atoms. The summed E-state index contributed by atoms with van der Waals surface area (Å²) in [5, 5.41) is 7.87. The Kier molecular flexibility index (Phi) is 4.35. The van der Waals surface area contributed by atoms with Gasteiger partial charge in [-0.3, -0.25) is 0 Å². The molecule has 2 aromatic rings. The second kappa shape index (κ2) is 5.80. The van der Waals surface area contributed by atoms with Crippen LogP contribution >= 0.6 is 27.5 Å². The Balaban J connectivity index is 2.19. The number of hydrogen-bond donors (Lipinski definition) is 0. The van der Waals surface area contributed by atoms with Crippen LogP contribution in [-0.4, -0.2) is 15.0 Å². The maximum atomic E-state index is 13.4. The normalized spacial score (nSPS) is 12.7. The molecule has 6 heteroatoms. The molecule has 1 atom stereocenters. The molecule has 3 nitrogen and oxygen atoms in total. The molecule has 0 saturated heterocycles. The quantitative estimate of drug-likeness (QED) is 0.795. The van der Waals surface area contributed by atoms with Crippen molar-refractivity contribution < 1.29 is 4.39 Å². The Labute approximate surface area is 118 Å². The predicted octanol–water partition coefficient (Wildman–Crippen LogP) is 3.92. The molecule has 0 saturated carbocycles. The van der Waals surface area contributed by atoms with E-state index in [1.165, 1.54) is 6.07 Å². The molecule has 1 aromatic heterocycles. The summed E-state index contributed by atoms with van der Waals surface area (Å²) in [6, 6.07) is 4.92. The summed E-state index contributed by atoms with van der Waals surface area (Å²) in [5.41, 5.74) is 1.56. The van der Waals surface area contributed by atoms with Crippen LogP contribution in [0, 0.1) is 5.82 Å². The Morgan fingerprint density at radius 2 is 2.28 bits per heavy atom. The SMILES string of the molecule is CCC(Cl)c1cn(Cc2cccc(F)c2Br)nn1. The van der Waals surface area contributed by atoms with E-state index in [-0.39, 0.29) is 11.2 Å². The Morgan fingerprint density at radius 3 is 3.00 bits per heavy atom. The van der Waals surface area contributed by atoms with E-state index in [9.17, 15) is 4.39 Å². The zero-order chi connectivity index (χ0) is 13.1. The molecule has 0 aliphatic carbocycles. The minimum absolute atomic E-state index is 0.130. The van der Waals surface area contributed by atoms with Gasteiger partial charge in [-0.25, -0.2) is 9.07 Å². The zero-order valence-electron chi connectivity index (χ0n) is 9.78. The molecular weight excluding hydrogens is 321 g/mol. The van der Waals surface area contributed by atoms with Gasteiger partial charge in [0.2, 0.25) is 0 Å². The molecule has 0 N–H and O–H groups in total. The third kappa shape index (κ3) is 2.90. The lowest BCUT2D eigenvalue weighted by Gasteiger charge is -2.04. The number of aromatic nitrogens is 3. The van der Waals surface area contributed by atoms with Gasteiger partial charge in [0.25, 0.3) is 0 Å². The minimum Gasteiger partial charge on any atom is -0.248 e. The molecule has 1 unspecified atom stereocenters. The summed E-state index contributed by atoms with van der Waals surface area (Å²) < 4.78 is 15.5. The van der Waals surface area contributed by atoms with Crippen LogP contribution in [-0.2, 0) is 6.54 Å². The van der Waals surface area contributed by atoms with Gasteiger partial charge in [-0.05, 0) is 34.0 Å². The van der Waals surface area contributed by atoms with Crippen LogP contribution in [0.3, 0.4) is 0 Å². The fraction of sp³-hybridized carbons (Fsp3) is 0.333. The van der Waals surface area contributed by atoms with Crippen molar-refractivity contribution in [1.82, 2.24) is 15.0 Å². The fourth-order valence-corrected chi connectivity index (χ4v) is 2.08. The zero-order valence-corrected chi connectivity index (χ0v) is 12.1. The van der Waals surface area contributed by atoms with Crippen LogP contribution in [0.4, 0.5) is 4.39 Å². The van der Waals surface area contributed by atoms with Crippen LogP contribution in [0.2, 0.25) is 0 Å². The van der Waals surface area contributed by atoms with Gasteiger partial charge < -0.3 is 0 Å². The van der Waals surface area contributed by atoms with Crippen LogP contribution in [0.15, 0.2) is 28.9 Å². The molecule has 0 spiro atoms. The number of hydrogen-bond acceptors (Lipinski definition) is 2. The van der Waals surface area contributed by atoms with Crippen molar-refractivity contribution in [2.24, 2.45) is 0 Å². The van der Waals surface area contributed by atoms with Crippen molar-refractivity contribution in [2.45, 2.75) is 25.3 Å². The van der Waals surface area contributed by atoms with E-state index >= 15 is 0 Å². The first-order valence-electron chi connectivity index (χ1n) is 5.58. The Bertz CT molecular complexity index is 544. The molecule has 0 aliphatic heterocycles. The van der Waals surface area contributed by atoms with Crippen molar-refractivity contribution in [2.75, 3.05) is 0 Å². The third-order valence-electron chi connectivity index (χ3n) is 2.60. The number of rotatable bonds is 4. The van der Waals surface area contributed by atoms with E-state index in [1.807, 2.05) is 13.0 Å². The number of alkyl halides is 1. The lowest BCUT2D eigenvalue weighted by Crippen LogP contribution is -2.02. The van der Waals surface area contributed by atoms with Gasteiger partial charge in [0.15, 0.2) is 0 Å². The second-order valence-electron chi connectivity index (χ2n) is 3.93. The topological polar surface area (TPSA) is 30.7 Å². The van der Waals surface area contributed by atoms with Crippen LogP contribution in [0.25, 0.3) is 0 Å². The van der Waals surface area contributed by atoms with E-state index in [0.29, 0.717) is 11.0 Å². The van der Waals surface area contributed by atoms with Crippen LogP contribution in [0.5, 0.6) is 0 Å². The average molecular weight is 333 g/mol. The number of nitrogens with zero attached hydrogens (tertiary/aromatic N) is 3.